The molecule has 0 heterocycles. The van der Waals surface area contributed by atoms with Gasteiger partial charge in [0.2, 0.25) is 0 Å². The van der Waals surface area contributed by atoms with Crippen LogP contribution in [0.3, 0.4) is 0 Å². The number of benzene rings is 17. The fraction of sp³-hybridized carbons (Fsp3) is 0. The molecular weight excluding hydrogens is 1160 g/mol. The van der Waals surface area contributed by atoms with Gasteiger partial charge in [0.15, 0.2) is 0 Å². The molecule has 4 nitrogen and oxygen atoms in total. The van der Waals surface area contributed by atoms with E-state index in [0.29, 0.717) is 0 Å². The third-order valence-electron chi connectivity index (χ3n) is 19.2. The van der Waals surface area contributed by atoms with Gasteiger partial charge in [0.1, 0.15) is 0 Å². The molecule has 450 valence electrons. The smallest absolute Gasteiger partial charge is 0.0462 e. The molecule has 0 saturated carbocycles. The Balaban J connectivity index is 0.892. The van der Waals surface area contributed by atoms with Crippen LogP contribution in [0.1, 0.15) is 0 Å². The molecule has 0 N–H and O–H groups in total. The Hall–Kier alpha value is -12.8. The van der Waals surface area contributed by atoms with E-state index in [1.54, 1.807) is 0 Å². The molecule has 0 aliphatic carbocycles. The molecule has 0 amide bonds. The van der Waals surface area contributed by atoms with Gasteiger partial charge in [-0.05, 0) is 244 Å². The molecule has 0 aliphatic heterocycles. The van der Waals surface area contributed by atoms with E-state index in [1.165, 1.54) is 76.1 Å². The third-order valence-corrected chi connectivity index (χ3v) is 19.2. The van der Waals surface area contributed by atoms with Crippen LogP contribution in [0.4, 0.5) is 68.2 Å². The summed E-state index contributed by atoms with van der Waals surface area (Å²) >= 11 is 0. The summed E-state index contributed by atoms with van der Waals surface area (Å²) in [6, 6.07) is 137. The molecular formula is C92H62N4. The monoisotopic (exact) mass is 1220 g/mol. The summed E-state index contributed by atoms with van der Waals surface area (Å²) in [5.74, 6) is 0. The maximum atomic E-state index is 2.45. The highest BCUT2D eigenvalue weighted by molar-refractivity contribution is 6.49. The number of rotatable bonds is 16. The Morgan fingerprint density at radius 3 is 0.469 bits per heavy atom. The molecule has 0 saturated heterocycles. The Kier molecular flexibility index (Phi) is 13.8. The second kappa shape index (κ2) is 23.7. The molecule has 0 aromatic heterocycles. The minimum absolute atomic E-state index is 1.08. The molecule has 0 radical (unpaired) electrons. The van der Waals surface area contributed by atoms with Crippen molar-refractivity contribution in [2.75, 3.05) is 19.6 Å². The normalized spacial score (nSPS) is 11.5. The first-order valence-corrected chi connectivity index (χ1v) is 33.0. The molecule has 0 atom stereocenters. The zero-order valence-electron chi connectivity index (χ0n) is 52.6. The topological polar surface area (TPSA) is 13.0 Å². The Morgan fingerprint density at radius 1 is 0.125 bits per heavy atom. The summed E-state index contributed by atoms with van der Waals surface area (Å²) in [5, 5.41) is 12.7. The highest BCUT2D eigenvalue weighted by Gasteiger charge is 2.31. The fourth-order valence-electron chi connectivity index (χ4n) is 15.1. The van der Waals surface area contributed by atoms with Crippen molar-refractivity contribution in [2.45, 2.75) is 0 Å². The van der Waals surface area contributed by atoms with Gasteiger partial charge in [-0.3, -0.25) is 0 Å². The summed E-state index contributed by atoms with van der Waals surface area (Å²) in [7, 11) is 0. The molecule has 4 heteroatoms. The van der Waals surface area contributed by atoms with Gasteiger partial charge >= 0.3 is 0 Å². The van der Waals surface area contributed by atoms with E-state index >= 15 is 0 Å². The highest BCUT2D eigenvalue weighted by Crippen LogP contribution is 2.58. The fourth-order valence-corrected chi connectivity index (χ4v) is 15.1. The molecule has 0 unspecified atom stereocenters. The van der Waals surface area contributed by atoms with Crippen LogP contribution >= 0.6 is 0 Å². The lowest BCUT2D eigenvalue weighted by Crippen LogP contribution is -2.09. The summed E-state index contributed by atoms with van der Waals surface area (Å²) in [5.41, 5.74) is 22.6. The van der Waals surface area contributed by atoms with E-state index in [-0.39, 0.29) is 0 Å². The van der Waals surface area contributed by atoms with E-state index in [4.69, 9.17) is 0 Å². The van der Waals surface area contributed by atoms with Crippen molar-refractivity contribution in [3.8, 4) is 44.5 Å². The Labute approximate surface area is 559 Å². The maximum Gasteiger partial charge on any atom is 0.0462 e. The summed E-state index contributed by atoms with van der Waals surface area (Å²) in [6.07, 6.45) is 0. The minimum Gasteiger partial charge on any atom is -0.311 e. The molecule has 18 rings (SSSR count). The van der Waals surface area contributed by atoms with Crippen molar-refractivity contribution >= 4 is 122 Å². The predicted octanol–water partition coefficient (Wildman–Crippen LogP) is 26.3. The molecule has 18 aromatic carbocycles. The quantitative estimate of drug-likeness (QED) is 0.0894. The number of anilines is 12. The van der Waals surface area contributed by atoms with Gasteiger partial charge in [0.05, 0.1) is 0 Å². The summed E-state index contributed by atoms with van der Waals surface area (Å²) < 4.78 is 0. The molecule has 0 bridgehead atoms. The van der Waals surface area contributed by atoms with Crippen LogP contribution in [0.25, 0.3) is 98.4 Å². The minimum atomic E-state index is 1.08. The van der Waals surface area contributed by atoms with E-state index in [1.807, 2.05) is 0 Å². The molecule has 96 heavy (non-hydrogen) atoms. The lowest BCUT2D eigenvalue weighted by Gasteiger charge is -2.26. The summed E-state index contributed by atoms with van der Waals surface area (Å²) in [6.45, 7) is 0. The van der Waals surface area contributed by atoms with Gasteiger partial charge in [0.25, 0.3) is 0 Å². The molecule has 18 aromatic rings. The van der Waals surface area contributed by atoms with Crippen LogP contribution in [0, 0.1) is 0 Å². The third kappa shape index (κ3) is 9.53. The number of para-hydroxylation sites is 8. The standard InChI is InChI=1S/C92H62N4/c1-9-25-68(26-10-1)93(69-27-11-2-12-28-69)76-51-41-63(42-52-76)84-80-59-49-67-50-60-81-85(64-43-53-77(54-44-64)94(70-29-13-3-14-30-70)71-31-15-4-16-32-71)87(66-47-57-79(58-48-66)96(74-37-21-7-22-38-74)75-39-23-8-24-40-75)83-62-61-82(91-89(80)88(67)90(81)92(83)91)86(84)65-45-55-78(56-46-65)95(72-33-17-5-18-34-72)73-35-19-6-20-36-73/h1-62H. The average molecular weight is 1220 g/mol. The maximum absolute atomic E-state index is 2.45. The van der Waals surface area contributed by atoms with Crippen molar-refractivity contribution < 1.29 is 0 Å². The van der Waals surface area contributed by atoms with E-state index < -0.39 is 0 Å². The Bertz CT molecular complexity index is 5170. The van der Waals surface area contributed by atoms with E-state index in [9.17, 15) is 0 Å². The second-order valence-corrected chi connectivity index (χ2v) is 24.7. The largest absolute Gasteiger partial charge is 0.311 e. The van der Waals surface area contributed by atoms with Gasteiger partial charge < -0.3 is 19.6 Å². The van der Waals surface area contributed by atoms with Crippen molar-refractivity contribution in [3.05, 3.63) is 376 Å². The number of nitrogens with zero attached hydrogens (tertiary/aromatic N) is 4. The lowest BCUT2D eigenvalue weighted by molar-refractivity contribution is 1.28. The molecule has 0 aliphatic rings. The average Bonchev–Trinajstić information content (AvgIpc) is 1.49. The van der Waals surface area contributed by atoms with Gasteiger partial charge in [-0.1, -0.05) is 231 Å². The van der Waals surface area contributed by atoms with E-state index in [2.05, 4.69) is 396 Å². The zero-order chi connectivity index (χ0) is 63.5. The first kappa shape index (κ1) is 56.0. The predicted molar refractivity (Wildman–Crippen MR) is 408 cm³/mol. The first-order valence-electron chi connectivity index (χ1n) is 33.0. The van der Waals surface area contributed by atoms with Crippen LogP contribution in [0.15, 0.2) is 376 Å². The van der Waals surface area contributed by atoms with Gasteiger partial charge in [-0.15, -0.1) is 0 Å². The zero-order valence-corrected chi connectivity index (χ0v) is 52.6. The van der Waals surface area contributed by atoms with Crippen LogP contribution in [-0.4, -0.2) is 0 Å². The van der Waals surface area contributed by atoms with Crippen LogP contribution in [0.5, 0.6) is 0 Å². The molecule has 0 spiro atoms. The Morgan fingerprint density at radius 2 is 0.281 bits per heavy atom. The van der Waals surface area contributed by atoms with Crippen LogP contribution < -0.4 is 19.6 Å². The number of hydrogen-bond donors (Lipinski definition) is 0. The van der Waals surface area contributed by atoms with Crippen molar-refractivity contribution in [3.63, 3.8) is 0 Å². The van der Waals surface area contributed by atoms with Crippen LogP contribution in [0.2, 0.25) is 0 Å². The van der Waals surface area contributed by atoms with E-state index in [0.717, 1.165) is 90.5 Å². The van der Waals surface area contributed by atoms with Crippen molar-refractivity contribution in [1.29, 1.82) is 0 Å². The second-order valence-electron chi connectivity index (χ2n) is 24.7. The van der Waals surface area contributed by atoms with Crippen molar-refractivity contribution in [1.82, 2.24) is 0 Å². The van der Waals surface area contributed by atoms with Gasteiger partial charge in [0, 0.05) is 68.2 Å². The SMILES string of the molecule is c1ccc(N(c2ccccc2)c2ccc(-c3c(-c4ccc(N(c5ccccc5)c5ccccc5)cc4)c4ccc5c(-c6ccc(N(c7ccccc7)c7ccccc7)cc6)c(-c6ccc(N(c7ccccc7)c7ccccc7)cc6)c6ccc7ccc3c3c7c6c5c43)cc2)cc1. The lowest BCUT2D eigenvalue weighted by atomic mass is 9.82. The summed E-state index contributed by atoms with van der Waals surface area (Å²) in [4.78, 5) is 9.39. The highest BCUT2D eigenvalue weighted by atomic mass is 15.2. The number of hydrogen-bond acceptors (Lipinski definition) is 4. The van der Waals surface area contributed by atoms with Crippen LogP contribution in [-0.2, 0) is 0 Å². The van der Waals surface area contributed by atoms with Gasteiger partial charge in [-0.25, -0.2) is 0 Å². The van der Waals surface area contributed by atoms with Gasteiger partial charge in [-0.2, -0.15) is 0 Å². The van der Waals surface area contributed by atoms with Crippen molar-refractivity contribution in [2.24, 2.45) is 0 Å². The molecule has 0 fully saturated rings. The first-order chi connectivity index (χ1) is 47.7.